The fourth-order valence-corrected chi connectivity index (χ4v) is 2.11. The molecule has 0 aromatic carbocycles. The number of nitrogens with zero attached hydrogens (tertiary/aromatic N) is 3. The fourth-order valence-electron chi connectivity index (χ4n) is 2.11. The van der Waals surface area contributed by atoms with Crippen LogP contribution in [-0.2, 0) is 4.79 Å². The van der Waals surface area contributed by atoms with E-state index >= 15 is 0 Å². The minimum atomic E-state index is -0.161. The van der Waals surface area contributed by atoms with Gasteiger partial charge >= 0.3 is 0 Å². The lowest BCUT2D eigenvalue weighted by Gasteiger charge is -2.20. The van der Waals surface area contributed by atoms with Crippen LogP contribution in [-0.4, -0.2) is 35.7 Å². The number of aromatic nitrogens is 2. The van der Waals surface area contributed by atoms with Gasteiger partial charge in [0.2, 0.25) is 11.8 Å². The van der Waals surface area contributed by atoms with Crippen LogP contribution in [0.5, 0.6) is 0 Å². The molecular weight excluding hydrogens is 220 g/mol. The highest BCUT2D eigenvalue weighted by atomic mass is 16.5. The molecule has 1 fully saturated rings. The molecule has 1 N–H and O–H groups in total. The van der Waals surface area contributed by atoms with Gasteiger partial charge < -0.3 is 9.84 Å². The quantitative estimate of drug-likeness (QED) is 0.822. The first-order valence-corrected chi connectivity index (χ1v) is 5.90. The highest BCUT2D eigenvalue weighted by molar-refractivity contribution is 5.95. The molecule has 17 heavy (non-hydrogen) atoms. The summed E-state index contributed by atoms with van der Waals surface area (Å²) < 4.78 is 4.93. The molecule has 0 saturated carbocycles. The highest BCUT2D eigenvalue weighted by Crippen LogP contribution is 2.21. The summed E-state index contributed by atoms with van der Waals surface area (Å²) in [6.07, 6.45) is 1.81. The maximum absolute atomic E-state index is 12.3. The van der Waals surface area contributed by atoms with Crippen LogP contribution < -0.4 is 10.2 Å². The SMILES string of the molecule is CNC1CC(C)CCN(c2noc(C)n2)C1=O. The van der Waals surface area contributed by atoms with E-state index in [4.69, 9.17) is 4.52 Å². The lowest BCUT2D eigenvalue weighted by Crippen LogP contribution is -2.44. The van der Waals surface area contributed by atoms with E-state index in [1.165, 1.54) is 0 Å². The van der Waals surface area contributed by atoms with Crippen molar-refractivity contribution in [2.75, 3.05) is 18.5 Å². The van der Waals surface area contributed by atoms with Crippen LogP contribution in [0.3, 0.4) is 0 Å². The number of carbonyl (C=O) groups excluding carboxylic acids is 1. The average Bonchev–Trinajstić information content (AvgIpc) is 2.66. The molecule has 1 amide bonds. The van der Waals surface area contributed by atoms with Gasteiger partial charge in [-0.2, -0.15) is 4.98 Å². The predicted octanol–water partition coefficient (Wildman–Crippen LogP) is 0.729. The van der Waals surface area contributed by atoms with Crippen LogP contribution in [0, 0.1) is 12.8 Å². The smallest absolute Gasteiger partial charge is 0.272 e. The van der Waals surface area contributed by atoms with Gasteiger partial charge in [-0.15, -0.1) is 0 Å². The number of nitrogens with one attached hydrogen (secondary N) is 1. The first-order valence-electron chi connectivity index (χ1n) is 5.90. The van der Waals surface area contributed by atoms with Crippen molar-refractivity contribution in [3.05, 3.63) is 5.89 Å². The van der Waals surface area contributed by atoms with Crippen molar-refractivity contribution >= 4 is 11.9 Å². The molecule has 2 atom stereocenters. The van der Waals surface area contributed by atoms with Crippen molar-refractivity contribution < 1.29 is 9.32 Å². The van der Waals surface area contributed by atoms with E-state index in [2.05, 4.69) is 22.4 Å². The number of carbonyl (C=O) groups is 1. The molecule has 1 aliphatic heterocycles. The molecular formula is C11H18N4O2. The summed E-state index contributed by atoms with van der Waals surface area (Å²) in [6.45, 7) is 4.52. The van der Waals surface area contributed by atoms with Crippen LogP contribution in [0.4, 0.5) is 5.95 Å². The number of hydrogen-bond acceptors (Lipinski definition) is 5. The van der Waals surface area contributed by atoms with Gasteiger partial charge in [0.25, 0.3) is 5.95 Å². The summed E-state index contributed by atoms with van der Waals surface area (Å²) in [5, 5.41) is 6.87. The number of rotatable bonds is 2. The van der Waals surface area contributed by atoms with Crippen molar-refractivity contribution in [1.82, 2.24) is 15.5 Å². The monoisotopic (exact) mass is 238 g/mol. The van der Waals surface area contributed by atoms with E-state index in [-0.39, 0.29) is 11.9 Å². The van der Waals surface area contributed by atoms with Crippen LogP contribution in [0.15, 0.2) is 4.52 Å². The minimum absolute atomic E-state index is 0.0256. The van der Waals surface area contributed by atoms with E-state index in [9.17, 15) is 4.79 Å². The second-order valence-electron chi connectivity index (χ2n) is 4.57. The van der Waals surface area contributed by atoms with E-state index < -0.39 is 0 Å². The zero-order chi connectivity index (χ0) is 12.4. The Bertz CT molecular complexity index is 404. The maximum Gasteiger partial charge on any atom is 0.272 e. The zero-order valence-corrected chi connectivity index (χ0v) is 10.4. The molecule has 1 saturated heterocycles. The second-order valence-corrected chi connectivity index (χ2v) is 4.57. The Balaban J connectivity index is 2.23. The van der Waals surface area contributed by atoms with Crippen molar-refractivity contribution in [3.8, 4) is 0 Å². The molecule has 1 aromatic rings. The number of aryl methyl sites for hydroxylation is 1. The third kappa shape index (κ3) is 2.46. The number of amides is 1. The number of likely N-dealkylation sites (N-methyl/N-ethyl adjacent to an activating group) is 1. The predicted molar refractivity (Wildman–Crippen MR) is 62.6 cm³/mol. The summed E-state index contributed by atoms with van der Waals surface area (Å²) >= 11 is 0. The first kappa shape index (κ1) is 12.0. The first-order chi connectivity index (χ1) is 8.11. The molecule has 2 rings (SSSR count). The Labute approximate surface area is 100 Å². The third-order valence-electron chi connectivity index (χ3n) is 3.15. The largest absolute Gasteiger partial charge is 0.338 e. The van der Waals surface area contributed by atoms with Gasteiger partial charge in [-0.1, -0.05) is 6.92 Å². The Morgan fingerprint density at radius 3 is 2.88 bits per heavy atom. The van der Waals surface area contributed by atoms with E-state index in [0.717, 1.165) is 12.8 Å². The summed E-state index contributed by atoms with van der Waals surface area (Å²) in [4.78, 5) is 18.0. The summed E-state index contributed by atoms with van der Waals surface area (Å²) in [5.74, 6) is 1.39. The van der Waals surface area contributed by atoms with Gasteiger partial charge in [0, 0.05) is 13.5 Å². The molecule has 94 valence electrons. The molecule has 1 aromatic heterocycles. The molecule has 6 heteroatoms. The van der Waals surface area contributed by atoms with Gasteiger partial charge in [-0.25, -0.2) is 0 Å². The van der Waals surface area contributed by atoms with E-state index in [0.29, 0.717) is 24.3 Å². The van der Waals surface area contributed by atoms with Crippen molar-refractivity contribution in [2.45, 2.75) is 32.7 Å². The molecule has 0 radical (unpaired) electrons. The maximum atomic E-state index is 12.3. The highest BCUT2D eigenvalue weighted by Gasteiger charge is 2.31. The molecule has 1 aliphatic rings. The molecule has 0 spiro atoms. The average molecular weight is 238 g/mol. The van der Waals surface area contributed by atoms with Crippen LogP contribution in [0.1, 0.15) is 25.7 Å². The Kier molecular flexibility index (Phi) is 3.42. The molecule has 2 heterocycles. The summed E-state index contributed by atoms with van der Waals surface area (Å²) in [7, 11) is 1.81. The zero-order valence-electron chi connectivity index (χ0n) is 10.4. The van der Waals surface area contributed by atoms with Crippen molar-refractivity contribution in [1.29, 1.82) is 0 Å². The van der Waals surface area contributed by atoms with Gasteiger partial charge in [0.1, 0.15) is 0 Å². The van der Waals surface area contributed by atoms with Gasteiger partial charge in [-0.05, 0) is 31.0 Å². The molecule has 6 nitrogen and oxygen atoms in total. The lowest BCUT2D eigenvalue weighted by molar-refractivity contribution is -0.120. The van der Waals surface area contributed by atoms with Crippen molar-refractivity contribution in [3.63, 3.8) is 0 Å². The number of hydrogen-bond donors (Lipinski definition) is 1. The number of anilines is 1. The summed E-state index contributed by atoms with van der Waals surface area (Å²) in [5.41, 5.74) is 0. The fraction of sp³-hybridized carbons (Fsp3) is 0.727. The van der Waals surface area contributed by atoms with Crippen LogP contribution in [0.2, 0.25) is 0 Å². The van der Waals surface area contributed by atoms with E-state index in [1.54, 1.807) is 18.9 Å². The van der Waals surface area contributed by atoms with Crippen LogP contribution >= 0.6 is 0 Å². The standard InChI is InChI=1S/C11H18N4O2/c1-7-4-5-15(10(16)9(6-7)12-3)11-13-8(2)17-14-11/h7,9,12H,4-6H2,1-3H3. The Morgan fingerprint density at radius 1 is 1.53 bits per heavy atom. The Hall–Kier alpha value is -1.43. The second kappa shape index (κ2) is 4.83. The van der Waals surface area contributed by atoms with Crippen molar-refractivity contribution in [2.24, 2.45) is 5.92 Å². The minimum Gasteiger partial charge on any atom is -0.338 e. The lowest BCUT2D eigenvalue weighted by atomic mass is 10.0. The topological polar surface area (TPSA) is 71.3 Å². The van der Waals surface area contributed by atoms with Gasteiger partial charge in [-0.3, -0.25) is 9.69 Å². The normalized spacial score (nSPS) is 26.1. The third-order valence-corrected chi connectivity index (χ3v) is 3.15. The van der Waals surface area contributed by atoms with Gasteiger partial charge in [0.05, 0.1) is 6.04 Å². The Morgan fingerprint density at radius 2 is 2.29 bits per heavy atom. The molecule has 0 bridgehead atoms. The molecule has 2 unspecified atom stereocenters. The van der Waals surface area contributed by atoms with Crippen LogP contribution in [0.25, 0.3) is 0 Å². The van der Waals surface area contributed by atoms with E-state index in [1.807, 2.05) is 0 Å². The molecule has 0 aliphatic carbocycles. The van der Waals surface area contributed by atoms with Gasteiger partial charge in [0.15, 0.2) is 0 Å². The summed E-state index contributed by atoms with van der Waals surface area (Å²) in [6, 6.07) is -0.161.